The summed E-state index contributed by atoms with van der Waals surface area (Å²) in [6, 6.07) is 0. The molecule has 1 fully saturated rings. The molecule has 0 amide bonds. The fraction of sp³-hybridized carbons (Fsp3) is 0.857. The van der Waals surface area contributed by atoms with Crippen LogP contribution in [0.5, 0.6) is 0 Å². The second-order valence-electron chi connectivity index (χ2n) is 3.34. The number of carboxylic acids is 1. The molecule has 0 heterocycles. The summed E-state index contributed by atoms with van der Waals surface area (Å²) in [5.74, 6) is -1.44. The molecule has 0 bridgehead atoms. The fourth-order valence-electron chi connectivity index (χ4n) is 1.71. The summed E-state index contributed by atoms with van der Waals surface area (Å²) in [6.07, 6.45) is 1.92. The van der Waals surface area contributed by atoms with Gasteiger partial charge in [-0.15, -0.1) is 0 Å². The van der Waals surface area contributed by atoms with E-state index in [9.17, 15) is 13.2 Å². The average Bonchev–Trinajstić information content (AvgIpc) is 2.03. The third kappa shape index (κ3) is 2.78. The van der Waals surface area contributed by atoms with Gasteiger partial charge in [0, 0.05) is 0 Å². The van der Waals surface area contributed by atoms with E-state index in [4.69, 9.17) is 9.66 Å². The summed E-state index contributed by atoms with van der Waals surface area (Å²) in [5.41, 5.74) is 0. The Balaban J connectivity index is 0.00000169. The topological polar surface area (TPSA) is 91.7 Å². The van der Waals surface area contributed by atoms with Crippen molar-refractivity contribution in [3.8, 4) is 0 Å². The monoisotopic (exact) mass is 248 g/mol. The second kappa shape index (κ2) is 5.38. The predicted octanol–water partition coefficient (Wildman–Crippen LogP) is 0.0132. The Morgan fingerprint density at radius 2 is 1.57 bits per heavy atom. The zero-order chi connectivity index (χ0) is 10.1. The van der Waals surface area contributed by atoms with Crippen LogP contribution in [0, 0.1) is 0 Å². The molecule has 0 saturated heterocycles. The maximum atomic E-state index is 10.9. The van der Waals surface area contributed by atoms with Gasteiger partial charge in [0.15, 0.2) is 4.75 Å². The number of aliphatic carboxylic acids is 1. The summed E-state index contributed by atoms with van der Waals surface area (Å²) in [6.45, 7) is 0. The van der Waals surface area contributed by atoms with Gasteiger partial charge in [-0.2, -0.15) is 8.42 Å². The van der Waals surface area contributed by atoms with Gasteiger partial charge in [-0.1, -0.05) is 19.3 Å². The minimum atomic E-state index is -4.49. The Hall–Kier alpha value is 1.02. The van der Waals surface area contributed by atoms with E-state index in [1.54, 1.807) is 0 Å². The van der Waals surface area contributed by atoms with Crippen LogP contribution in [0.15, 0.2) is 0 Å². The van der Waals surface area contributed by atoms with Gasteiger partial charge in [0.25, 0.3) is 10.1 Å². The van der Waals surface area contributed by atoms with E-state index in [0.717, 1.165) is 6.42 Å². The molecule has 2 N–H and O–H groups in total. The normalized spacial score (nSPS) is 20.9. The van der Waals surface area contributed by atoms with Crippen molar-refractivity contribution in [2.75, 3.05) is 0 Å². The van der Waals surface area contributed by atoms with E-state index in [2.05, 4.69) is 0 Å². The zero-order valence-corrected chi connectivity index (χ0v) is 7.88. The number of carbonyl (C=O) groups is 1. The number of hydrogen-bond donors (Lipinski definition) is 2. The molecule has 0 aliphatic heterocycles. The van der Waals surface area contributed by atoms with E-state index in [0.29, 0.717) is 12.8 Å². The first-order valence-electron chi connectivity index (χ1n) is 4.10. The summed E-state index contributed by atoms with van der Waals surface area (Å²) in [5, 5.41) is 8.79. The third-order valence-electron chi connectivity index (χ3n) is 2.54. The molecule has 0 spiro atoms. The van der Waals surface area contributed by atoms with Crippen LogP contribution in [-0.4, -0.2) is 80.2 Å². The first-order chi connectivity index (χ1) is 5.90. The first-order valence-corrected chi connectivity index (χ1v) is 5.54. The Morgan fingerprint density at radius 3 is 1.79 bits per heavy atom. The molecule has 5 nitrogen and oxygen atoms in total. The molecule has 0 radical (unpaired) electrons. The van der Waals surface area contributed by atoms with Crippen molar-refractivity contribution < 1.29 is 22.9 Å². The van der Waals surface area contributed by atoms with Crippen molar-refractivity contribution in [1.29, 1.82) is 0 Å². The molecule has 0 aromatic carbocycles. The summed E-state index contributed by atoms with van der Waals surface area (Å²) in [4.78, 5) is 10.8. The molecule has 0 unspecified atom stereocenters. The van der Waals surface area contributed by atoms with Crippen LogP contribution in [-0.2, 0) is 14.9 Å². The summed E-state index contributed by atoms with van der Waals surface area (Å²) in [7, 11) is -4.49. The van der Waals surface area contributed by atoms with Crippen molar-refractivity contribution in [3.63, 3.8) is 0 Å². The van der Waals surface area contributed by atoms with Gasteiger partial charge in [-0.05, 0) is 12.8 Å². The number of hydrogen-bond acceptors (Lipinski definition) is 3. The van der Waals surface area contributed by atoms with Gasteiger partial charge < -0.3 is 5.11 Å². The number of rotatable bonds is 2. The zero-order valence-electron chi connectivity index (χ0n) is 7.06. The molecule has 1 rings (SSSR count). The fourth-order valence-corrected chi connectivity index (χ4v) is 2.73. The molecule has 78 valence electrons. The Labute approximate surface area is 125 Å². The molecular formula is C7H13KO5S. The van der Waals surface area contributed by atoms with E-state index >= 15 is 0 Å². The molecule has 0 atom stereocenters. The van der Waals surface area contributed by atoms with Gasteiger partial charge in [0.05, 0.1) is 0 Å². The van der Waals surface area contributed by atoms with E-state index in [1.807, 2.05) is 0 Å². The van der Waals surface area contributed by atoms with Crippen LogP contribution in [0.3, 0.4) is 0 Å². The molecule has 1 aliphatic carbocycles. The molecule has 14 heavy (non-hydrogen) atoms. The van der Waals surface area contributed by atoms with Gasteiger partial charge in [-0.3, -0.25) is 9.35 Å². The SMILES string of the molecule is O=C(O)C1(S(=O)(=O)O)CCCCC1.[KH]. The van der Waals surface area contributed by atoms with Crippen molar-refractivity contribution in [2.45, 2.75) is 36.9 Å². The van der Waals surface area contributed by atoms with Crippen LogP contribution in [0.2, 0.25) is 0 Å². The van der Waals surface area contributed by atoms with Crippen LogP contribution in [0.4, 0.5) is 0 Å². The minimum absolute atomic E-state index is 0. The Morgan fingerprint density at radius 1 is 1.14 bits per heavy atom. The predicted molar refractivity (Wildman–Crippen MR) is 52.1 cm³/mol. The summed E-state index contributed by atoms with van der Waals surface area (Å²) < 4.78 is 28.8. The average molecular weight is 248 g/mol. The quantitative estimate of drug-likeness (QED) is 0.530. The van der Waals surface area contributed by atoms with Gasteiger partial charge in [0.1, 0.15) is 0 Å². The van der Waals surface area contributed by atoms with Crippen LogP contribution in [0.1, 0.15) is 32.1 Å². The molecule has 0 aromatic rings. The van der Waals surface area contributed by atoms with Crippen molar-refractivity contribution in [2.24, 2.45) is 0 Å². The molecule has 1 aliphatic rings. The van der Waals surface area contributed by atoms with E-state index in [-0.39, 0.29) is 64.2 Å². The maximum absolute atomic E-state index is 10.9. The molecular weight excluding hydrogens is 235 g/mol. The second-order valence-corrected chi connectivity index (χ2v) is 5.07. The summed E-state index contributed by atoms with van der Waals surface area (Å²) >= 11 is 0. The van der Waals surface area contributed by atoms with Crippen molar-refractivity contribution in [3.05, 3.63) is 0 Å². The van der Waals surface area contributed by atoms with Gasteiger partial charge in [-0.25, -0.2) is 0 Å². The molecule has 1 saturated carbocycles. The first kappa shape index (κ1) is 15.0. The van der Waals surface area contributed by atoms with Crippen LogP contribution in [0.25, 0.3) is 0 Å². The van der Waals surface area contributed by atoms with Gasteiger partial charge in [0.2, 0.25) is 0 Å². The Kier molecular flexibility index (Phi) is 5.77. The van der Waals surface area contributed by atoms with Gasteiger partial charge >= 0.3 is 57.4 Å². The molecule has 7 heteroatoms. The van der Waals surface area contributed by atoms with E-state index in [1.165, 1.54) is 0 Å². The van der Waals surface area contributed by atoms with Crippen molar-refractivity contribution in [1.82, 2.24) is 0 Å². The number of carboxylic acid groups (broad SMARTS) is 1. The standard InChI is InChI=1S/C7H12O5S.K.H/c8-6(9)7(13(10,11)12)4-2-1-3-5-7;;/h1-5H2,(H,8,9)(H,10,11,12);;. The Bertz CT molecular complexity index is 304. The van der Waals surface area contributed by atoms with E-state index < -0.39 is 20.8 Å². The van der Waals surface area contributed by atoms with Crippen LogP contribution >= 0.6 is 0 Å². The van der Waals surface area contributed by atoms with Crippen molar-refractivity contribution >= 4 is 67.5 Å². The molecule has 0 aromatic heterocycles. The van der Waals surface area contributed by atoms with Crippen LogP contribution < -0.4 is 0 Å². The third-order valence-corrected chi connectivity index (χ3v) is 4.12.